The van der Waals surface area contributed by atoms with Gasteiger partial charge in [0.2, 0.25) is 6.79 Å². The van der Waals surface area contributed by atoms with Crippen LogP contribution in [-0.4, -0.2) is 131 Å². The summed E-state index contributed by atoms with van der Waals surface area (Å²) in [5, 5.41) is 10.3. The molecule has 17 rings (SSSR count). The minimum Gasteiger partial charge on any atom is -0.454 e. The van der Waals surface area contributed by atoms with Crippen LogP contribution in [0.5, 0.6) is 11.5 Å². The number of anilines is 2. The lowest BCUT2D eigenvalue weighted by molar-refractivity contribution is 0.153. The second kappa shape index (κ2) is 30.3. The second-order valence-corrected chi connectivity index (χ2v) is 27.6. The van der Waals surface area contributed by atoms with E-state index in [9.17, 15) is 0 Å². The van der Waals surface area contributed by atoms with Gasteiger partial charge in [0, 0.05) is 187 Å². The molecule has 1 unspecified atom stereocenters. The summed E-state index contributed by atoms with van der Waals surface area (Å²) >= 11 is 12.0. The number of nitrogens with zero attached hydrogens (tertiary/aromatic N) is 8. The highest BCUT2D eigenvalue weighted by atomic mass is 35.5. The van der Waals surface area contributed by atoms with Crippen molar-refractivity contribution in [3.05, 3.63) is 262 Å². The molecule has 15 heteroatoms. The fourth-order valence-electron chi connectivity index (χ4n) is 14.5. The first-order valence-corrected chi connectivity index (χ1v) is 35.1. The quantitative estimate of drug-likeness (QED) is 0.111. The van der Waals surface area contributed by atoms with Gasteiger partial charge in [-0.2, -0.15) is 0 Å². The van der Waals surface area contributed by atoms with Gasteiger partial charge in [-0.1, -0.05) is 95.5 Å². The van der Waals surface area contributed by atoms with Crippen molar-refractivity contribution in [2.24, 2.45) is 14.1 Å². The predicted octanol–water partition coefficient (Wildman–Crippen LogP) is 16.2. The molecular weight excluding hydrogens is 1230 g/mol. The van der Waals surface area contributed by atoms with Gasteiger partial charge in [0.1, 0.15) is 0 Å². The highest BCUT2D eigenvalue weighted by Crippen LogP contribution is 2.37. The molecule has 0 bridgehead atoms. The minimum atomic E-state index is 0.322. The fourth-order valence-corrected chi connectivity index (χ4v) is 14.8. The Bertz CT molecular complexity index is 4500. The summed E-state index contributed by atoms with van der Waals surface area (Å²) in [6, 6.07) is 67.8. The summed E-state index contributed by atoms with van der Waals surface area (Å²) in [6.45, 7) is 20.6. The molecule has 4 saturated heterocycles. The molecule has 0 spiro atoms. The third-order valence-electron chi connectivity index (χ3n) is 20.1. The molecule has 4 aromatic heterocycles. The average molecular weight is 1320 g/mol. The number of piperidine rings is 1. The van der Waals surface area contributed by atoms with Crippen LogP contribution in [-0.2, 0) is 40.3 Å². The van der Waals surface area contributed by atoms with E-state index >= 15 is 0 Å². The Kier molecular flexibility index (Phi) is 20.4. The monoisotopic (exact) mass is 1320 g/mol. The van der Waals surface area contributed by atoms with E-state index in [1.165, 1.54) is 120 Å². The Labute approximate surface area is 575 Å². The van der Waals surface area contributed by atoms with Gasteiger partial charge in [-0.25, -0.2) is 0 Å². The van der Waals surface area contributed by atoms with Gasteiger partial charge >= 0.3 is 0 Å². The highest BCUT2D eigenvalue weighted by Gasteiger charge is 2.27. The van der Waals surface area contributed by atoms with Crippen LogP contribution in [0.15, 0.2) is 213 Å². The van der Waals surface area contributed by atoms with Crippen LogP contribution in [0, 0.1) is 6.92 Å². The Morgan fingerprint density at radius 2 is 0.969 bits per heavy atom. The van der Waals surface area contributed by atoms with Crippen LogP contribution in [0.1, 0.15) is 63.7 Å². The van der Waals surface area contributed by atoms with Crippen molar-refractivity contribution in [1.82, 2.24) is 44.0 Å². The zero-order valence-corrected chi connectivity index (χ0v) is 57.2. The van der Waals surface area contributed by atoms with E-state index in [1.807, 2.05) is 42.7 Å². The number of H-pyrrole nitrogens is 2. The molecule has 0 aliphatic carbocycles. The normalized spacial score (nSPS) is 17.3. The lowest BCUT2D eigenvalue weighted by Crippen LogP contribution is -2.45. The van der Waals surface area contributed by atoms with Crippen LogP contribution in [0.3, 0.4) is 0 Å². The zero-order valence-electron chi connectivity index (χ0n) is 55.7. The van der Waals surface area contributed by atoms with Gasteiger partial charge in [0.15, 0.2) is 11.5 Å². The first-order chi connectivity index (χ1) is 47.0. The number of piperazine rings is 3. The highest BCUT2D eigenvalue weighted by molar-refractivity contribution is 6.31. The van der Waals surface area contributed by atoms with Crippen molar-refractivity contribution >= 4 is 78.2 Å². The third kappa shape index (κ3) is 16.0. The molecule has 494 valence electrons. The van der Waals surface area contributed by atoms with Gasteiger partial charge in [0.05, 0.1) is 0 Å². The van der Waals surface area contributed by atoms with Crippen molar-refractivity contribution in [2.45, 2.75) is 57.9 Å². The first kappa shape index (κ1) is 64.8. The summed E-state index contributed by atoms with van der Waals surface area (Å²) < 4.78 is 15.4. The molecule has 0 saturated carbocycles. The van der Waals surface area contributed by atoms with Crippen LogP contribution in [0.4, 0.5) is 11.4 Å². The topological polar surface area (TPSA) is 91.4 Å². The van der Waals surface area contributed by atoms with Gasteiger partial charge in [-0.05, 0) is 215 Å². The summed E-state index contributed by atoms with van der Waals surface area (Å²) in [6.07, 6.45) is 10.8. The maximum absolute atomic E-state index is 5.98. The van der Waals surface area contributed by atoms with E-state index in [2.05, 4.69) is 245 Å². The molecule has 3 N–H and O–H groups in total. The maximum Gasteiger partial charge on any atom is 0.231 e. The van der Waals surface area contributed by atoms with Crippen LogP contribution >= 0.6 is 23.2 Å². The van der Waals surface area contributed by atoms with E-state index in [-0.39, 0.29) is 0 Å². The Hall–Kier alpha value is -8.50. The zero-order chi connectivity index (χ0) is 65.3. The molecular formula is C81H89Cl2N11O2. The van der Waals surface area contributed by atoms with E-state index in [0.717, 1.165) is 126 Å². The molecule has 4 fully saturated rings. The van der Waals surface area contributed by atoms with E-state index in [1.54, 1.807) is 0 Å². The Balaban J connectivity index is 0.000000110. The smallest absolute Gasteiger partial charge is 0.231 e. The van der Waals surface area contributed by atoms with Crippen molar-refractivity contribution in [3.63, 3.8) is 0 Å². The Morgan fingerprint density at radius 1 is 0.427 bits per heavy atom. The summed E-state index contributed by atoms with van der Waals surface area (Å²) in [5.74, 6) is 2.44. The molecule has 1 atom stereocenters. The summed E-state index contributed by atoms with van der Waals surface area (Å²) in [7, 11) is 4.20. The molecule has 13 nitrogen and oxygen atoms in total. The number of nitrogens with one attached hydrogen (secondary N) is 3. The maximum atomic E-state index is 5.98. The molecule has 0 amide bonds. The number of benzene rings is 8. The predicted molar refractivity (Wildman–Crippen MR) is 397 cm³/mol. The van der Waals surface area contributed by atoms with Crippen molar-refractivity contribution in [2.75, 3.05) is 102 Å². The number of likely N-dealkylation sites (tertiary alicyclic amines) is 1. The standard InChI is InChI=1S/C21H24N2.2C20H22ClN3.C20H21N3O2/c1-16-2-5-18(6-3-16)19-9-12-23(13-10-19)15-17-4-7-20-8-11-22-21(20)14-17;1-22-9-8-17-14-16(2-7-20(17)22)15-23-10-12-24(13-11-23)19-5-3-18(21)4-6-19;1-22-9-8-17-3-2-16(14-20(17)22)15-23-10-12-24(13-11-23)19-6-4-18(21)5-7-19;1-3-17-15(5-6-22-17)9-14(1)12-23-8-7-21-11-18(23)16-2-4-19-20(10-16)25-13-24-19/h2-8,11,14,19,22H,9-10,12-13,15H2,1H3;2*2-9,14H,10-13,15H2,1H3;1-6,9-10,18,21-22H,7-8,11-13H2. The molecule has 8 aromatic carbocycles. The van der Waals surface area contributed by atoms with E-state index in [4.69, 9.17) is 32.7 Å². The Morgan fingerprint density at radius 3 is 1.66 bits per heavy atom. The van der Waals surface area contributed by atoms with Crippen molar-refractivity contribution in [3.8, 4) is 11.5 Å². The molecule has 12 aromatic rings. The van der Waals surface area contributed by atoms with Crippen LogP contribution in [0.25, 0.3) is 43.6 Å². The number of ether oxygens (including phenoxy) is 2. The van der Waals surface area contributed by atoms with E-state index < -0.39 is 0 Å². The SMILES string of the molecule is Cc1ccc(C2CCN(Cc3ccc4cc[nH]c4c3)CC2)cc1.Cn1ccc2cc(CN3CCN(c4ccc(Cl)cc4)CC3)ccc21.Cn1ccc2ccc(CN3CCN(c4ccc(Cl)cc4)CC3)cc21.c1cc2cc(CN3CCNCC3c3ccc4c(c3)OCO4)ccc2[nH]1. The van der Waals surface area contributed by atoms with Crippen LogP contribution < -0.4 is 24.6 Å². The lowest BCUT2D eigenvalue weighted by atomic mass is 9.89. The van der Waals surface area contributed by atoms with Gasteiger partial charge in [0.25, 0.3) is 0 Å². The minimum absolute atomic E-state index is 0.322. The number of rotatable bonds is 12. The second-order valence-electron chi connectivity index (χ2n) is 26.7. The lowest BCUT2D eigenvalue weighted by Gasteiger charge is -2.36. The summed E-state index contributed by atoms with van der Waals surface area (Å²) in [4.78, 5) is 21.7. The molecule has 0 radical (unpaired) electrons. The number of hydrogen-bond acceptors (Lipinski definition) is 9. The third-order valence-corrected chi connectivity index (χ3v) is 20.6. The van der Waals surface area contributed by atoms with Crippen LogP contribution in [0.2, 0.25) is 10.0 Å². The molecule has 5 aliphatic heterocycles. The number of halogens is 2. The molecule has 96 heavy (non-hydrogen) atoms. The van der Waals surface area contributed by atoms with Crippen molar-refractivity contribution < 1.29 is 9.47 Å². The number of aryl methyl sites for hydroxylation is 3. The van der Waals surface area contributed by atoms with Gasteiger partial charge in [-0.15, -0.1) is 0 Å². The largest absolute Gasteiger partial charge is 0.454 e. The van der Waals surface area contributed by atoms with Gasteiger partial charge in [-0.3, -0.25) is 19.6 Å². The summed E-state index contributed by atoms with van der Waals surface area (Å²) in [5.41, 5.74) is 17.3. The van der Waals surface area contributed by atoms with Crippen molar-refractivity contribution in [1.29, 1.82) is 0 Å². The fraction of sp³-hybridized carbons (Fsp3) is 0.309. The first-order valence-electron chi connectivity index (χ1n) is 34.3. The molecule has 9 heterocycles. The number of aromatic amines is 2. The number of aromatic nitrogens is 4. The molecule has 5 aliphatic rings. The van der Waals surface area contributed by atoms with Gasteiger partial charge < -0.3 is 43.7 Å². The van der Waals surface area contributed by atoms with E-state index in [0.29, 0.717) is 12.8 Å². The number of hydrogen-bond donors (Lipinski definition) is 3. The number of fused-ring (bicyclic) bond motifs is 5. The average Bonchev–Trinajstić information content (AvgIpc) is 1.53.